The summed E-state index contributed by atoms with van der Waals surface area (Å²) in [4.78, 5) is 11.3. The molecule has 0 N–H and O–H groups in total. The van der Waals surface area contributed by atoms with Gasteiger partial charge in [0.2, 0.25) is 0 Å². The van der Waals surface area contributed by atoms with Gasteiger partial charge in [0.25, 0.3) is 0 Å². The quantitative estimate of drug-likeness (QED) is 0.676. The zero-order chi connectivity index (χ0) is 10.7. The third-order valence-electron chi connectivity index (χ3n) is 1.86. The van der Waals surface area contributed by atoms with E-state index in [1.807, 2.05) is 0 Å². The van der Waals surface area contributed by atoms with Crippen molar-refractivity contribution in [3.63, 3.8) is 0 Å². The predicted molar refractivity (Wildman–Crippen MR) is 52.4 cm³/mol. The van der Waals surface area contributed by atoms with E-state index in [1.165, 1.54) is 19.2 Å². The van der Waals surface area contributed by atoms with Crippen LogP contribution < -0.4 is 0 Å². The first kappa shape index (κ1) is 10.4. The number of allylic oxidation sites excluding steroid dienone is 1. The summed E-state index contributed by atoms with van der Waals surface area (Å²) in [5.74, 6) is -1.27. The molecule has 0 unspecified atom stereocenters. The van der Waals surface area contributed by atoms with Gasteiger partial charge in [-0.2, -0.15) is 0 Å². The van der Waals surface area contributed by atoms with E-state index in [0.29, 0.717) is 11.1 Å². The van der Waals surface area contributed by atoms with Gasteiger partial charge < -0.3 is 4.74 Å². The van der Waals surface area contributed by atoms with Crippen LogP contribution in [-0.2, 0) is 4.74 Å². The van der Waals surface area contributed by atoms with Gasteiger partial charge in [-0.05, 0) is 18.6 Å². The van der Waals surface area contributed by atoms with Crippen LogP contribution in [0.2, 0.25) is 0 Å². The molecule has 0 radical (unpaired) electrons. The van der Waals surface area contributed by atoms with Crippen molar-refractivity contribution in [1.82, 2.24) is 0 Å². The van der Waals surface area contributed by atoms with Gasteiger partial charge in [-0.1, -0.05) is 24.3 Å². The number of methoxy groups -OCH3 is 1. The van der Waals surface area contributed by atoms with Crippen molar-refractivity contribution in [2.75, 3.05) is 7.11 Å². The fourth-order valence-electron chi connectivity index (χ4n) is 1.19. The Labute approximate surface area is 82.0 Å². The van der Waals surface area contributed by atoms with Crippen molar-refractivity contribution in [3.05, 3.63) is 41.7 Å². The first-order valence-electron chi connectivity index (χ1n) is 4.10. The molecule has 0 fully saturated rings. The van der Waals surface area contributed by atoms with Crippen LogP contribution in [0.3, 0.4) is 0 Å². The van der Waals surface area contributed by atoms with Gasteiger partial charge in [0, 0.05) is 0 Å². The topological polar surface area (TPSA) is 26.3 Å². The van der Waals surface area contributed by atoms with Crippen LogP contribution in [-0.4, -0.2) is 13.1 Å². The van der Waals surface area contributed by atoms with Gasteiger partial charge in [0.05, 0.1) is 7.11 Å². The van der Waals surface area contributed by atoms with Crippen molar-refractivity contribution in [1.29, 1.82) is 0 Å². The number of esters is 1. The Bertz CT molecular complexity index is 383. The molecular formula is C11H11FO2. The molecule has 0 aliphatic carbocycles. The summed E-state index contributed by atoms with van der Waals surface area (Å²) in [6.07, 6.45) is 0. The molecule has 0 amide bonds. The van der Waals surface area contributed by atoms with E-state index in [-0.39, 0.29) is 5.56 Å². The summed E-state index contributed by atoms with van der Waals surface area (Å²) in [6.45, 7) is 5.38. The lowest BCUT2D eigenvalue weighted by molar-refractivity contribution is 0.0595. The Morgan fingerprint density at radius 1 is 1.50 bits per heavy atom. The van der Waals surface area contributed by atoms with E-state index < -0.39 is 11.8 Å². The molecule has 0 saturated heterocycles. The van der Waals surface area contributed by atoms with Gasteiger partial charge in [0.15, 0.2) is 0 Å². The second-order valence-corrected chi connectivity index (χ2v) is 2.93. The minimum absolute atomic E-state index is 0.0532. The molecule has 14 heavy (non-hydrogen) atoms. The van der Waals surface area contributed by atoms with E-state index in [9.17, 15) is 9.18 Å². The maximum absolute atomic E-state index is 13.3. The molecule has 0 heterocycles. The van der Waals surface area contributed by atoms with Gasteiger partial charge in [0.1, 0.15) is 11.4 Å². The van der Waals surface area contributed by atoms with E-state index in [2.05, 4.69) is 11.3 Å². The number of benzene rings is 1. The number of rotatable bonds is 2. The number of halogens is 1. The molecule has 0 aliphatic rings. The Morgan fingerprint density at radius 2 is 2.14 bits per heavy atom. The molecule has 0 aliphatic heterocycles. The number of hydrogen-bond donors (Lipinski definition) is 0. The van der Waals surface area contributed by atoms with Crippen LogP contribution in [0.1, 0.15) is 22.8 Å². The number of carbonyl (C=O) groups excluding carboxylic acids is 1. The van der Waals surface area contributed by atoms with Crippen molar-refractivity contribution >= 4 is 11.5 Å². The van der Waals surface area contributed by atoms with Gasteiger partial charge in [-0.15, -0.1) is 0 Å². The van der Waals surface area contributed by atoms with Gasteiger partial charge >= 0.3 is 5.97 Å². The normalized spacial score (nSPS) is 9.64. The maximum atomic E-state index is 13.3. The average molecular weight is 194 g/mol. The van der Waals surface area contributed by atoms with E-state index in [1.54, 1.807) is 13.0 Å². The minimum Gasteiger partial charge on any atom is -0.465 e. The Hall–Kier alpha value is -1.64. The van der Waals surface area contributed by atoms with Crippen molar-refractivity contribution in [2.45, 2.75) is 6.92 Å². The zero-order valence-electron chi connectivity index (χ0n) is 8.13. The Balaban J connectivity index is 3.36. The van der Waals surface area contributed by atoms with Crippen molar-refractivity contribution < 1.29 is 13.9 Å². The van der Waals surface area contributed by atoms with Crippen LogP contribution in [0.5, 0.6) is 0 Å². The summed E-state index contributed by atoms with van der Waals surface area (Å²) < 4.78 is 17.8. The highest BCUT2D eigenvalue weighted by Gasteiger charge is 2.16. The van der Waals surface area contributed by atoms with Crippen LogP contribution >= 0.6 is 0 Å². The van der Waals surface area contributed by atoms with Crippen LogP contribution in [0.25, 0.3) is 5.57 Å². The summed E-state index contributed by atoms with van der Waals surface area (Å²) >= 11 is 0. The summed E-state index contributed by atoms with van der Waals surface area (Å²) in [7, 11) is 1.22. The standard InChI is InChI=1S/C11H11FO2/c1-7(2)8-5-4-6-9(12)10(8)11(13)14-3/h4-6H,1H2,2-3H3. The molecule has 0 aromatic heterocycles. The molecule has 0 atom stereocenters. The van der Waals surface area contributed by atoms with Crippen LogP contribution in [0.4, 0.5) is 4.39 Å². The van der Waals surface area contributed by atoms with Gasteiger partial charge in [-0.25, -0.2) is 9.18 Å². The SMILES string of the molecule is C=C(C)c1cccc(F)c1C(=O)OC. The van der Waals surface area contributed by atoms with E-state index >= 15 is 0 Å². The first-order chi connectivity index (χ1) is 6.57. The zero-order valence-corrected chi connectivity index (χ0v) is 8.13. The smallest absolute Gasteiger partial charge is 0.341 e. The molecule has 0 spiro atoms. The molecular weight excluding hydrogens is 183 g/mol. The monoisotopic (exact) mass is 194 g/mol. The second kappa shape index (κ2) is 4.05. The summed E-state index contributed by atoms with van der Waals surface area (Å²) in [5.41, 5.74) is 1.06. The average Bonchev–Trinajstić information content (AvgIpc) is 2.16. The minimum atomic E-state index is -0.680. The first-order valence-corrected chi connectivity index (χ1v) is 4.10. The Morgan fingerprint density at radius 3 is 2.64 bits per heavy atom. The van der Waals surface area contributed by atoms with Crippen molar-refractivity contribution in [2.24, 2.45) is 0 Å². The number of ether oxygens (including phenoxy) is 1. The number of carbonyl (C=O) groups is 1. The Kier molecular flexibility index (Phi) is 3.02. The molecule has 3 heteroatoms. The lowest BCUT2D eigenvalue weighted by Crippen LogP contribution is -2.07. The fraction of sp³-hybridized carbons (Fsp3) is 0.182. The second-order valence-electron chi connectivity index (χ2n) is 2.93. The van der Waals surface area contributed by atoms with Crippen LogP contribution in [0, 0.1) is 5.82 Å². The summed E-state index contributed by atoms with van der Waals surface area (Å²) in [5, 5.41) is 0. The highest BCUT2D eigenvalue weighted by atomic mass is 19.1. The van der Waals surface area contributed by atoms with E-state index in [0.717, 1.165) is 0 Å². The van der Waals surface area contributed by atoms with Crippen LogP contribution in [0.15, 0.2) is 24.8 Å². The molecule has 0 saturated carbocycles. The molecule has 1 aromatic rings. The third kappa shape index (κ3) is 1.82. The van der Waals surface area contributed by atoms with Gasteiger partial charge in [-0.3, -0.25) is 0 Å². The fourth-order valence-corrected chi connectivity index (χ4v) is 1.19. The van der Waals surface area contributed by atoms with E-state index in [4.69, 9.17) is 0 Å². The maximum Gasteiger partial charge on any atom is 0.341 e. The third-order valence-corrected chi connectivity index (χ3v) is 1.86. The molecule has 2 nitrogen and oxygen atoms in total. The highest BCUT2D eigenvalue weighted by molar-refractivity contribution is 5.95. The number of hydrogen-bond acceptors (Lipinski definition) is 2. The molecule has 74 valence electrons. The lowest BCUT2D eigenvalue weighted by atomic mass is 10.0. The molecule has 0 bridgehead atoms. The van der Waals surface area contributed by atoms with Crippen molar-refractivity contribution in [3.8, 4) is 0 Å². The highest BCUT2D eigenvalue weighted by Crippen LogP contribution is 2.20. The largest absolute Gasteiger partial charge is 0.465 e. The predicted octanol–water partition coefficient (Wildman–Crippen LogP) is 2.65. The molecule has 1 aromatic carbocycles. The molecule has 1 rings (SSSR count). The summed E-state index contributed by atoms with van der Waals surface area (Å²) in [6, 6.07) is 4.39. The lowest BCUT2D eigenvalue weighted by Gasteiger charge is -2.07.